The van der Waals surface area contributed by atoms with E-state index >= 15 is 0 Å². The van der Waals surface area contributed by atoms with Gasteiger partial charge in [0.25, 0.3) is 0 Å². The van der Waals surface area contributed by atoms with Gasteiger partial charge in [-0.15, -0.1) is 11.8 Å². The highest BCUT2D eigenvalue weighted by molar-refractivity contribution is 8.38. The van der Waals surface area contributed by atoms with Crippen molar-refractivity contribution in [1.82, 2.24) is 0 Å². The summed E-state index contributed by atoms with van der Waals surface area (Å²) in [6, 6.07) is 10.9. The summed E-state index contributed by atoms with van der Waals surface area (Å²) in [4.78, 5) is 4.62. The first-order valence-electron chi connectivity index (χ1n) is 4.19. The third-order valence-corrected chi connectivity index (χ3v) is 4.13. The molecule has 2 rings (SSSR count). The summed E-state index contributed by atoms with van der Waals surface area (Å²) in [6.07, 6.45) is 2.08. The first kappa shape index (κ1) is 9.16. The Hall–Kier alpha value is -0.410. The monoisotopic (exact) mass is 209 g/mol. The van der Waals surface area contributed by atoms with E-state index in [0.717, 1.165) is 5.75 Å². The fourth-order valence-corrected chi connectivity index (χ4v) is 2.99. The number of nitrogens with zero attached hydrogens (tertiary/aromatic N) is 1. The maximum Gasteiger partial charge on any atom is 0.125 e. The van der Waals surface area contributed by atoms with E-state index in [-0.39, 0.29) is 0 Å². The lowest BCUT2D eigenvalue weighted by Crippen LogP contribution is -1.92. The van der Waals surface area contributed by atoms with Crippen LogP contribution in [0.1, 0.15) is 11.6 Å². The normalized spacial score (nSPS) is 21.6. The Bertz CT molecular complexity index is 308. The summed E-state index contributed by atoms with van der Waals surface area (Å²) in [5, 5.41) is 0. The Kier molecular flexibility index (Phi) is 2.96. The zero-order valence-electron chi connectivity index (χ0n) is 7.43. The maximum atomic E-state index is 4.62. The molecule has 0 radical (unpaired) electrons. The molecule has 0 spiro atoms. The van der Waals surface area contributed by atoms with Crippen molar-refractivity contribution in [3.05, 3.63) is 35.9 Å². The van der Waals surface area contributed by atoms with Gasteiger partial charge in [-0.05, 0) is 11.8 Å². The van der Waals surface area contributed by atoms with Crippen molar-refractivity contribution in [2.45, 2.75) is 6.04 Å². The first-order chi connectivity index (χ1) is 6.40. The van der Waals surface area contributed by atoms with Crippen LogP contribution in [0, 0.1) is 0 Å². The van der Waals surface area contributed by atoms with Gasteiger partial charge in [-0.2, -0.15) is 0 Å². The van der Waals surface area contributed by atoms with E-state index in [9.17, 15) is 0 Å². The van der Waals surface area contributed by atoms with Gasteiger partial charge < -0.3 is 0 Å². The van der Waals surface area contributed by atoms with Crippen molar-refractivity contribution in [2.24, 2.45) is 4.99 Å². The molecule has 0 fully saturated rings. The van der Waals surface area contributed by atoms with Crippen LogP contribution in [-0.2, 0) is 0 Å². The molecule has 13 heavy (non-hydrogen) atoms. The van der Waals surface area contributed by atoms with Gasteiger partial charge in [0.05, 0.1) is 6.04 Å². The number of rotatable bonds is 1. The second kappa shape index (κ2) is 4.20. The van der Waals surface area contributed by atoms with E-state index in [0.29, 0.717) is 6.04 Å². The van der Waals surface area contributed by atoms with E-state index in [2.05, 4.69) is 35.5 Å². The predicted molar refractivity (Wildman–Crippen MR) is 62.6 cm³/mol. The van der Waals surface area contributed by atoms with Crippen molar-refractivity contribution < 1.29 is 0 Å². The van der Waals surface area contributed by atoms with Crippen LogP contribution in [0.3, 0.4) is 0 Å². The zero-order chi connectivity index (χ0) is 9.10. The largest absolute Gasteiger partial charge is 0.263 e. The highest BCUT2D eigenvalue weighted by Crippen LogP contribution is 2.33. The molecule has 1 aliphatic heterocycles. The van der Waals surface area contributed by atoms with Crippen LogP contribution in [0.15, 0.2) is 35.3 Å². The van der Waals surface area contributed by atoms with Crippen molar-refractivity contribution in [3.8, 4) is 0 Å². The molecule has 1 aromatic carbocycles. The molecule has 1 unspecified atom stereocenters. The van der Waals surface area contributed by atoms with Gasteiger partial charge in [0, 0.05) is 5.75 Å². The smallest absolute Gasteiger partial charge is 0.125 e. The summed E-state index contributed by atoms with van der Waals surface area (Å²) < 4.78 is 1.22. The molecule has 0 aromatic heterocycles. The average Bonchev–Trinajstić information content (AvgIpc) is 2.67. The highest BCUT2D eigenvalue weighted by atomic mass is 32.2. The minimum absolute atomic E-state index is 0.383. The summed E-state index contributed by atoms with van der Waals surface area (Å²) in [5.74, 6) is 1.10. The van der Waals surface area contributed by atoms with Crippen molar-refractivity contribution >= 4 is 27.9 Å². The topological polar surface area (TPSA) is 12.4 Å². The van der Waals surface area contributed by atoms with Crippen LogP contribution in [0.2, 0.25) is 0 Å². The molecule has 0 amide bonds. The van der Waals surface area contributed by atoms with Crippen LogP contribution in [0.4, 0.5) is 0 Å². The maximum absolute atomic E-state index is 4.62. The molecule has 1 aromatic rings. The van der Waals surface area contributed by atoms with Crippen LogP contribution in [0.5, 0.6) is 0 Å². The van der Waals surface area contributed by atoms with Crippen LogP contribution >= 0.6 is 23.5 Å². The van der Waals surface area contributed by atoms with Gasteiger partial charge in [-0.25, -0.2) is 0 Å². The molecule has 0 N–H and O–H groups in total. The summed E-state index contributed by atoms with van der Waals surface area (Å²) >= 11 is 3.60. The van der Waals surface area contributed by atoms with Crippen LogP contribution in [0.25, 0.3) is 0 Å². The molecular formula is C10H11NS2. The number of hydrogen-bond donors (Lipinski definition) is 0. The predicted octanol–water partition coefficient (Wildman–Crippen LogP) is 3.19. The molecule has 0 saturated carbocycles. The Morgan fingerprint density at radius 2 is 2.15 bits per heavy atom. The van der Waals surface area contributed by atoms with Crippen LogP contribution in [-0.4, -0.2) is 16.4 Å². The van der Waals surface area contributed by atoms with E-state index in [1.165, 1.54) is 9.94 Å². The molecule has 0 bridgehead atoms. The second-order valence-corrected chi connectivity index (χ2v) is 4.90. The average molecular weight is 209 g/mol. The Morgan fingerprint density at radius 1 is 1.38 bits per heavy atom. The van der Waals surface area contributed by atoms with Gasteiger partial charge >= 0.3 is 0 Å². The molecule has 1 atom stereocenters. The number of benzene rings is 1. The van der Waals surface area contributed by atoms with Crippen molar-refractivity contribution in [1.29, 1.82) is 0 Å². The SMILES string of the molecule is CSC1=NC(c2ccccc2)CS1. The lowest BCUT2D eigenvalue weighted by Gasteiger charge is -2.04. The van der Waals surface area contributed by atoms with Crippen molar-refractivity contribution in [3.63, 3.8) is 0 Å². The molecule has 1 aliphatic rings. The zero-order valence-corrected chi connectivity index (χ0v) is 9.07. The molecule has 0 aliphatic carbocycles. The van der Waals surface area contributed by atoms with Crippen LogP contribution < -0.4 is 0 Å². The molecule has 1 heterocycles. The minimum Gasteiger partial charge on any atom is -0.263 e. The minimum atomic E-state index is 0.383. The standard InChI is InChI=1S/C10H11NS2/c1-12-10-11-9(7-13-10)8-5-3-2-4-6-8/h2-6,9H,7H2,1H3. The Labute approximate surface area is 87.0 Å². The lowest BCUT2D eigenvalue weighted by atomic mass is 10.1. The fraction of sp³-hybridized carbons (Fsp3) is 0.300. The summed E-state index contributed by atoms with van der Waals surface area (Å²) in [7, 11) is 0. The van der Waals surface area contributed by atoms with Crippen molar-refractivity contribution in [2.75, 3.05) is 12.0 Å². The first-order valence-corrected chi connectivity index (χ1v) is 6.40. The van der Waals surface area contributed by atoms with Gasteiger partial charge in [-0.3, -0.25) is 4.99 Å². The van der Waals surface area contributed by atoms with E-state index < -0.39 is 0 Å². The molecular weight excluding hydrogens is 198 g/mol. The molecule has 68 valence electrons. The van der Waals surface area contributed by atoms with Gasteiger partial charge in [0.15, 0.2) is 0 Å². The fourth-order valence-electron chi connectivity index (χ4n) is 1.31. The van der Waals surface area contributed by atoms with E-state index in [1.54, 1.807) is 11.8 Å². The molecule has 3 heteroatoms. The van der Waals surface area contributed by atoms with Gasteiger partial charge in [-0.1, -0.05) is 42.1 Å². The second-order valence-electron chi connectivity index (χ2n) is 2.84. The third kappa shape index (κ3) is 2.09. The number of hydrogen-bond acceptors (Lipinski definition) is 3. The quantitative estimate of drug-likeness (QED) is 0.704. The molecule has 0 saturated heterocycles. The Morgan fingerprint density at radius 3 is 2.77 bits per heavy atom. The number of aliphatic imine (C=N–C) groups is 1. The third-order valence-electron chi connectivity index (χ3n) is 1.98. The molecule has 1 nitrogen and oxygen atoms in total. The summed E-state index contributed by atoms with van der Waals surface area (Å²) in [5.41, 5.74) is 1.33. The lowest BCUT2D eigenvalue weighted by molar-refractivity contribution is 0.851. The number of thioether (sulfide) groups is 2. The summed E-state index contributed by atoms with van der Waals surface area (Å²) in [6.45, 7) is 0. The van der Waals surface area contributed by atoms with Gasteiger partial charge in [0.1, 0.15) is 4.38 Å². The highest BCUT2D eigenvalue weighted by Gasteiger charge is 2.18. The Balaban J connectivity index is 2.16. The van der Waals surface area contributed by atoms with Gasteiger partial charge in [0.2, 0.25) is 0 Å². The van der Waals surface area contributed by atoms with E-state index in [1.807, 2.05) is 17.8 Å². The van der Waals surface area contributed by atoms with E-state index in [4.69, 9.17) is 0 Å².